The molecule has 0 N–H and O–H groups in total. The first-order valence-corrected chi connectivity index (χ1v) is 7.13. The van der Waals surface area contributed by atoms with Crippen LogP contribution in [0.3, 0.4) is 0 Å². The van der Waals surface area contributed by atoms with Gasteiger partial charge in [0.1, 0.15) is 0 Å². The van der Waals surface area contributed by atoms with Gasteiger partial charge in [-0.2, -0.15) is 0 Å². The Morgan fingerprint density at radius 1 is 0.455 bits per heavy atom. The topological polar surface area (TPSA) is 34.1 Å². The number of fused-ring (bicyclic) bond motifs is 2. The van der Waals surface area contributed by atoms with Crippen LogP contribution in [0.15, 0.2) is 72.8 Å². The second kappa shape index (κ2) is 4.78. The van der Waals surface area contributed by atoms with Gasteiger partial charge in [0.05, 0.1) is 0 Å². The molecule has 2 aromatic carbocycles. The summed E-state index contributed by atoms with van der Waals surface area (Å²) in [6.07, 6.45) is 6.88. The molecule has 2 aromatic rings. The van der Waals surface area contributed by atoms with Crippen molar-refractivity contribution in [2.24, 2.45) is 0 Å². The maximum atomic E-state index is 12.0. The highest BCUT2D eigenvalue weighted by Crippen LogP contribution is 2.36. The lowest BCUT2D eigenvalue weighted by Gasteiger charge is -2.20. The van der Waals surface area contributed by atoms with Crippen molar-refractivity contribution in [2.45, 2.75) is 0 Å². The zero-order chi connectivity index (χ0) is 15.1. The van der Waals surface area contributed by atoms with E-state index >= 15 is 0 Å². The molecule has 0 atom stereocenters. The molecule has 0 aliphatic heterocycles. The van der Waals surface area contributed by atoms with Gasteiger partial charge in [-0.3, -0.25) is 9.59 Å². The number of hydrogen-bond donors (Lipinski definition) is 0. The van der Waals surface area contributed by atoms with Crippen molar-refractivity contribution in [3.05, 3.63) is 95.1 Å². The van der Waals surface area contributed by atoms with Crippen LogP contribution in [0.25, 0.3) is 11.1 Å². The first-order valence-electron chi connectivity index (χ1n) is 7.13. The molecule has 2 nitrogen and oxygen atoms in total. The van der Waals surface area contributed by atoms with E-state index in [9.17, 15) is 9.59 Å². The summed E-state index contributed by atoms with van der Waals surface area (Å²) in [5.74, 6) is 0.0354. The van der Waals surface area contributed by atoms with Crippen LogP contribution < -0.4 is 0 Å². The van der Waals surface area contributed by atoms with Gasteiger partial charge in [0.25, 0.3) is 0 Å². The Morgan fingerprint density at radius 3 is 1.23 bits per heavy atom. The second-order valence-electron chi connectivity index (χ2n) is 5.31. The molecular weight excluding hydrogens is 272 g/mol. The monoisotopic (exact) mass is 284 g/mol. The summed E-state index contributed by atoms with van der Waals surface area (Å²) in [6, 6.07) is 15.2. The Morgan fingerprint density at radius 2 is 0.818 bits per heavy atom. The van der Waals surface area contributed by atoms with Crippen molar-refractivity contribution in [2.75, 3.05) is 0 Å². The number of hydrogen-bond acceptors (Lipinski definition) is 2. The fourth-order valence-electron chi connectivity index (χ4n) is 3.01. The Kier molecular flexibility index (Phi) is 2.76. The molecule has 4 rings (SSSR count). The lowest BCUT2D eigenvalue weighted by Crippen LogP contribution is -2.09. The lowest BCUT2D eigenvalue weighted by molar-refractivity contribution is 0.103. The van der Waals surface area contributed by atoms with Crippen molar-refractivity contribution >= 4 is 22.7 Å². The smallest absolute Gasteiger partial charge is 0.186 e. The molecule has 2 heteroatoms. The predicted molar refractivity (Wildman–Crippen MR) is 86.6 cm³/mol. The largest absolute Gasteiger partial charge is 0.289 e. The summed E-state index contributed by atoms with van der Waals surface area (Å²) in [6.45, 7) is 0. The number of allylic oxidation sites excluding steroid dienone is 6. The molecule has 22 heavy (non-hydrogen) atoms. The van der Waals surface area contributed by atoms with Crippen LogP contribution in [0.1, 0.15) is 31.8 Å². The average Bonchev–Trinajstić information content (AvgIpc) is 2.57. The van der Waals surface area contributed by atoms with Crippen LogP contribution in [-0.2, 0) is 0 Å². The van der Waals surface area contributed by atoms with Gasteiger partial charge in [0.2, 0.25) is 0 Å². The van der Waals surface area contributed by atoms with Gasteiger partial charge in [0, 0.05) is 11.1 Å². The van der Waals surface area contributed by atoms with Crippen LogP contribution in [0.5, 0.6) is 0 Å². The Hall–Kier alpha value is -3.00. The second-order valence-corrected chi connectivity index (χ2v) is 5.31. The minimum absolute atomic E-state index is 0.0177. The third-order valence-electron chi connectivity index (χ3n) is 4.06. The zero-order valence-electron chi connectivity index (χ0n) is 11.7. The van der Waals surface area contributed by atoms with Crippen molar-refractivity contribution < 1.29 is 9.59 Å². The predicted octanol–water partition coefficient (Wildman–Crippen LogP) is 4.10. The summed E-state index contributed by atoms with van der Waals surface area (Å²) in [5, 5.41) is 0. The summed E-state index contributed by atoms with van der Waals surface area (Å²) >= 11 is 0. The molecule has 2 aliphatic carbocycles. The minimum Gasteiger partial charge on any atom is -0.289 e. The summed E-state index contributed by atoms with van der Waals surface area (Å²) < 4.78 is 0. The van der Waals surface area contributed by atoms with Gasteiger partial charge >= 0.3 is 0 Å². The van der Waals surface area contributed by atoms with Gasteiger partial charge in [-0.1, -0.05) is 48.5 Å². The lowest BCUT2D eigenvalue weighted by atomic mass is 9.83. The van der Waals surface area contributed by atoms with Gasteiger partial charge in [0.15, 0.2) is 11.6 Å². The maximum absolute atomic E-state index is 12.0. The number of carbonyl (C=O) groups excluding carboxylic acids is 2. The number of rotatable bonds is 0. The van der Waals surface area contributed by atoms with E-state index in [0.29, 0.717) is 11.1 Å². The number of carbonyl (C=O) groups is 2. The fourth-order valence-corrected chi connectivity index (χ4v) is 3.01. The summed E-state index contributed by atoms with van der Waals surface area (Å²) in [7, 11) is 0. The van der Waals surface area contributed by atoms with Crippen LogP contribution in [0, 0.1) is 0 Å². The fraction of sp³-hybridized carbons (Fsp3) is 0. The zero-order valence-corrected chi connectivity index (χ0v) is 11.7. The van der Waals surface area contributed by atoms with E-state index in [1.165, 1.54) is 0 Å². The highest BCUT2D eigenvalue weighted by molar-refractivity contribution is 6.20. The molecule has 104 valence electrons. The highest BCUT2D eigenvalue weighted by atomic mass is 16.1. The molecule has 0 saturated carbocycles. The molecule has 0 radical (unpaired) electrons. The molecule has 0 saturated heterocycles. The van der Waals surface area contributed by atoms with E-state index in [-0.39, 0.29) is 11.6 Å². The molecule has 0 bridgehead atoms. The minimum atomic E-state index is 0.0177. The van der Waals surface area contributed by atoms with E-state index in [1.54, 1.807) is 12.2 Å². The SMILES string of the molecule is O=C1C=C/C(=C2\C=CC(=O)c3ccccc32)c2ccccc21. The Bertz CT molecular complexity index is 835. The molecule has 0 amide bonds. The van der Waals surface area contributed by atoms with E-state index in [0.717, 1.165) is 22.3 Å². The van der Waals surface area contributed by atoms with Gasteiger partial charge in [-0.05, 0) is 46.6 Å². The van der Waals surface area contributed by atoms with Crippen LogP contribution >= 0.6 is 0 Å². The molecular formula is C20H12O2. The Labute approximate surface area is 128 Å². The van der Waals surface area contributed by atoms with Crippen molar-refractivity contribution in [1.29, 1.82) is 0 Å². The Balaban J connectivity index is 2.04. The maximum Gasteiger partial charge on any atom is 0.186 e. The molecule has 0 unspecified atom stereocenters. The van der Waals surface area contributed by atoms with Crippen LogP contribution in [0.2, 0.25) is 0 Å². The number of benzene rings is 2. The molecule has 2 aliphatic rings. The first kappa shape index (κ1) is 12.7. The molecule has 0 aromatic heterocycles. The van der Waals surface area contributed by atoms with Gasteiger partial charge < -0.3 is 0 Å². The van der Waals surface area contributed by atoms with Gasteiger partial charge in [-0.25, -0.2) is 0 Å². The van der Waals surface area contributed by atoms with Crippen molar-refractivity contribution in [3.8, 4) is 0 Å². The highest BCUT2D eigenvalue weighted by Gasteiger charge is 2.22. The quantitative estimate of drug-likeness (QED) is 0.729. The summed E-state index contributed by atoms with van der Waals surface area (Å²) in [4.78, 5) is 24.1. The molecule has 0 heterocycles. The van der Waals surface area contributed by atoms with Gasteiger partial charge in [-0.15, -0.1) is 0 Å². The average molecular weight is 284 g/mol. The van der Waals surface area contributed by atoms with E-state index in [4.69, 9.17) is 0 Å². The summed E-state index contributed by atoms with van der Waals surface area (Å²) in [5.41, 5.74) is 5.20. The standard InChI is InChI=1S/C20H12O2/c21-19-11-9-15(13-5-1-3-7-17(13)19)16-10-12-20(22)18-8-4-2-6-14(16)18/h1-12H/b16-15-. The number of ketones is 2. The van der Waals surface area contributed by atoms with E-state index < -0.39 is 0 Å². The third-order valence-corrected chi connectivity index (χ3v) is 4.06. The van der Waals surface area contributed by atoms with Crippen molar-refractivity contribution in [1.82, 2.24) is 0 Å². The van der Waals surface area contributed by atoms with Crippen LogP contribution in [-0.4, -0.2) is 11.6 Å². The van der Waals surface area contributed by atoms with E-state index in [1.807, 2.05) is 60.7 Å². The first-order chi connectivity index (χ1) is 10.8. The molecule has 0 fully saturated rings. The van der Waals surface area contributed by atoms with Crippen molar-refractivity contribution in [3.63, 3.8) is 0 Å². The molecule has 0 spiro atoms. The van der Waals surface area contributed by atoms with Crippen LogP contribution in [0.4, 0.5) is 0 Å². The van der Waals surface area contributed by atoms with E-state index in [2.05, 4.69) is 0 Å². The normalized spacial score (nSPS) is 19.1. The third kappa shape index (κ3) is 1.81.